The van der Waals surface area contributed by atoms with Gasteiger partial charge in [-0.3, -0.25) is 9.59 Å². The third kappa shape index (κ3) is 3.45. The molecule has 2 saturated heterocycles. The van der Waals surface area contributed by atoms with Crippen molar-refractivity contribution in [2.45, 2.75) is 31.7 Å². The normalized spacial score (nSPS) is 32.3. The van der Waals surface area contributed by atoms with Crippen LogP contribution in [-0.4, -0.2) is 55.1 Å². The molecule has 0 aliphatic carbocycles. The van der Waals surface area contributed by atoms with Crippen molar-refractivity contribution >= 4 is 11.8 Å². The Morgan fingerprint density at radius 1 is 1.11 bits per heavy atom. The number of nitrogens with one attached hydrogen (secondary N) is 1. The quantitative estimate of drug-likeness (QED) is 0.555. The van der Waals surface area contributed by atoms with Crippen molar-refractivity contribution in [2.75, 3.05) is 32.7 Å². The number of amides is 2. The molecule has 6 heteroatoms. The van der Waals surface area contributed by atoms with Gasteiger partial charge >= 0.3 is 0 Å². The van der Waals surface area contributed by atoms with Crippen LogP contribution in [0.3, 0.4) is 0 Å². The molecule has 0 aromatic heterocycles. The molecule has 0 saturated carbocycles. The fourth-order valence-electron chi connectivity index (χ4n) is 3.86. The lowest BCUT2D eigenvalue weighted by Gasteiger charge is -2.43. The highest BCUT2D eigenvalue weighted by molar-refractivity contribution is 5.75. The number of primary amides is 2. The summed E-state index contributed by atoms with van der Waals surface area (Å²) in [7, 11) is 0. The molecule has 2 aliphatic rings. The van der Waals surface area contributed by atoms with Crippen molar-refractivity contribution in [1.29, 1.82) is 0 Å². The molecule has 2 aliphatic heterocycles. The Kier molecular flexibility index (Phi) is 4.42. The van der Waals surface area contributed by atoms with Gasteiger partial charge < -0.3 is 21.3 Å². The number of carbonyl (C=O) groups is 2. The van der Waals surface area contributed by atoms with Crippen LogP contribution in [0.15, 0.2) is 0 Å². The first-order chi connectivity index (χ1) is 9.02. The van der Waals surface area contributed by atoms with E-state index in [1.807, 2.05) is 0 Å². The maximum absolute atomic E-state index is 11.4. The van der Waals surface area contributed by atoms with E-state index in [-0.39, 0.29) is 11.8 Å². The minimum Gasteiger partial charge on any atom is -0.370 e. The maximum Gasteiger partial charge on any atom is 0.272 e. The van der Waals surface area contributed by atoms with E-state index in [9.17, 15) is 9.59 Å². The van der Waals surface area contributed by atoms with E-state index in [4.69, 9.17) is 11.5 Å². The molecule has 5 N–H and O–H groups in total. The van der Waals surface area contributed by atoms with Crippen LogP contribution in [0.1, 0.15) is 25.7 Å². The van der Waals surface area contributed by atoms with Gasteiger partial charge in [0.15, 0.2) is 6.54 Å². The monoisotopic (exact) mass is 269 g/mol. The first-order valence-electron chi connectivity index (χ1n) is 7.15. The molecule has 2 rings (SSSR count). The van der Waals surface area contributed by atoms with E-state index >= 15 is 0 Å². The first kappa shape index (κ1) is 14.3. The third-order valence-corrected chi connectivity index (χ3v) is 4.65. The summed E-state index contributed by atoms with van der Waals surface area (Å²) >= 11 is 0. The van der Waals surface area contributed by atoms with E-state index < -0.39 is 0 Å². The maximum atomic E-state index is 11.4. The smallest absolute Gasteiger partial charge is 0.272 e. The van der Waals surface area contributed by atoms with Gasteiger partial charge in [-0.1, -0.05) is 0 Å². The Hall–Kier alpha value is -1.14. The summed E-state index contributed by atoms with van der Waals surface area (Å²) in [5, 5.41) is 3.35. The second-order valence-corrected chi connectivity index (χ2v) is 6.06. The number of likely N-dealkylation sites (tertiary alicyclic amines) is 1. The molecule has 6 nitrogen and oxygen atoms in total. The van der Waals surface area contributed by atoms with Gasteiger partial charge in [-0.25, -0.2) is 0 Å². The molecule has 0 bridgehead atoms. The lowest BCUT2D eigenvalue weighted by Crippen LogP contribution is -2.60. The van der Waals surface area contributed by atoms with Gasteiger partial charge in [0.05, 0.1) is 19.1 Å². The van der Waals surface area contributed by atoms with Gasteiger partial charge in [0, 0.05) is 44.7 Å². The second kappa shape index (κ2) is 5.88. The lowest BCUT2D eigenvalue weighted by molar-refractivity contribution is -0.935. The zero-order valence-corrected chi connectivity index (χ0v) is 11.4. The van der Waals surface area contributed by atoms with Crippen molar-refractivity contribution in [2.24, 2.45) is 17.4 Å². The van der Waals surface area contributed by atoms with Crippen molar-refractivity contribution < 1.29 is 14.1 Å². The molecule has 0 aromatic carbocycles. The molecular weight excluding hydrogens is 244 g/mol. The number of hydrogen-bond donors (Lipinski definition) is 3. The highest BCUT2D eigenvalue weighted by Gasteiger charge is 2.45. The Balaban J connectivity index is 2.07. The largest absolute Gasteiger partial charge is 0.370 e. The Morgan fingerprint density at radius 3 is 2.37 bits per heavy atom. The van der Waals surface area contributed by atoms with Crippen LogP contribution < -0.4 is 16.8 Å². The van der Waals surface area contributed by atoms with Gasteiger partial charge in [-0.2, -0.15) is 0 Å². The molecule has 0 spiro atoms. The van der Waals surface area contributed by atoms with E-state index in [1.54, 1.807) is 0 Å². The molecular formula is C13H25N4O2+. The average Bonchev–Trinajstić information content (AvgIpc) is 2.73. The second-order valence-electron chi connectivity index (χ2n) is 6.06. The van der Waals surface area contributed by atoms with Crippen molar-refractivity contribution in [1.82, 2.24) is 5.32 Å². The van der Waals surface area contributed by atoms with Crippen molar-refractivity contribution in [3.8, 4) is 0 Å². The Morgan fingerprint density at radius 2 is 1.79 bits per heavy atom. The summed E-state index contributed by atoms with van der Waals surface area (Å²) in [6, 6.07) is 0.492. The Bertz CT molecular complexity index is 355. The predicted molar refractivity (Wildman–Crippen MR) is 71.9 cm³/mol. The van der Waals surface area contributed by atoms with Gasteiger partial charge in [-0.05, 0) is 0 Å². The molecule has 2 amide bonds. The summed E-state index contributed by atoms with van der Waals surface area (Å²) in [6.07, 6.45) is 3.57. The third-order valence-electron chi connectivity index (χ3n) is 4.65. The van der Waals surface area contributed by atoms with E-state index in [1.165, 1.54) is 0 Å². The standard InChI is InChI=1S/C13H24N4O2/c14-12(18)7-10-3-6-17(8-10,9-13(15)19)11-1-4-16-5-2-11/h10-11,16H,1-9H2,(H3-,14,15,18,19)/p+1. The summed E-state index contributed by atoms with van der Waals surface area (Å²) in [5.41, 5.74) is 10.7. The van der Waals surface area contributed by atoms with Crippen molar-refractivity contribution in [3.05, 3.63) is 0 Å². The van der Waals surface area contributed by atoms with Crippen LogP contribution in [0.25, 0.3) is 0 Å². The number of piperidine rings is 1. The van der Waals surface area contributed by atoms with Crippen LogP contribution >= 0.6 is 0 Å². The zero-order valence-electron chi connectivity index (χ0n) is 11.4. The summed E-state index contributed by atoms with van der Waals surface area (Å²) in [5.74, 6) is -0.167. The SMILES string of the molecule is NC(=O)CC1CC[N+](CC(N)=O)(C2CCNCC2)C1. The zero-order chi connectivity index (χ0) is 13.9. The molecule has 0 aromatic rings. The summed E-state index contributed by atoms with van der Waals surface area (Å²) < 4.78 is 0.773. The molecule has 2 atom stereocenters. The summed E-state index contributed by atoms with van der Waals surface area (Å²) in [6.45, 7) is 4.23. The van der Waals surface area contributed by atoms with Crippen LogP contribution in [0, 0.1) is 5.92 Å². The number of nitrogens with two attached hydrogens (primary N) is 2. The molecule has 19 heavy (non-hydrogen) atoms. The number of quaternary nitrogens is 1. The topological polar surface area (TPSA) is 98.2 Å². The van der Waals surface area contributed by atoms with Gasteiger partial charge in [0.25, 0.3) is 5.91 Å². The fraction of sp³-hybridized carbons (Fsp3) is 0.846. The number of rotatable bonds is 5. The highest BCUT2D eigenvalue weighted by Crippen LogP contribution is 2.32. The minimum atomic E-state index is -0.241. The van der Waals surface area contributed by atoms with Crippen LogP contribution in [0.5, 0.6) is 0 Å². The average molecular weight is 269 g/mol. The fourth-order valence-corrected chi connectivity index (χ4v) is 3.86. The predicted octanol–water partition coefficient (Wildman–Crippen LogP) is -1.06. The molecule has 0 radical (unpaired) electrons. The van der Waals surface area contributed by atoms with Crippen molar-refractivity contribution in [3.63, 3.8) is 0 Å². The lowest BCUT2D eigenvalue weighted by atomic mass is 10.0. The number of hydrogen-bond acceptors (Lipinski definition) is 3. The Labute approximate surface area is 114 Å². The molecule has 2 fully saturated rings. The van der Waals surface area contributed by atoms with Crippen LogP contribution in [0.4, 0.5) is 0 Å². The van der Waals surface area contributed by atoms with E-state index in [0.717, 1.165) is 49.9 Å². The minimum absolute atomic E-state index is 0.238. The van der Waals surface area contributed by atoms with E-state index in [2.05, 4.69) is 5.32 Å². The van der Waals surface area contributed by atoms with E-state index in [0.29, 0.717) is 24.9 Å². The molecule has 2 heterocycles. The number of carbonyl (C=O) groups excluding carboxylic acids is 2. The van der Waals surface area contributed by atoms with Crippen LogP contribution in [0.2, 0.25) is 0 Å². The van der Waals surface area contributed by atoms with Gasteiger partial charge in [0.2, 0.25) is 5.91 Å². The number of nitrogens with zero attached hydrogens (tertiary/aromatic N) is 1. The first-order valence-corrected chi connectivity index (χ1v) is 7.15. The van der Waals surface area contributed by atoms with Gasteiger partial charge in [-0.15, -0.1) is 0 Å². The van der Waals surface area contributed by atoms with Crippen LogP contribution in [-0.2, 0) is 9.59 Å². The molecule has 108 valence electrons. The summed E-state index contributed by atoms with van der Waals surface area (Å²) in [4.78, 5) is 22.5. The molecule has 2 unspecified atom stereocenters. The van der Waals surface area contributed by atoms with Gasteiger partial charge in [0.1, 0.15) is 0 Å². The highest BCUT2D eigenvalue weighted by atomic mass is 16.1.